The minimum Gasteiger partial charge on any atom is -0.314 e. The van der Waals surface area contributed by atoms with E-state index in [4.69, 9.17) is 5.26 Å². The normalized spacial score (nSPS) is 11.1. The second-order valence-electron chi connectivity index (χ2n) is 4.36. The molecule has 0 spiro atoms. The molecule has 0 radical (unpaired) electrons. The zero-order valence-corrected chi connectivity index (χ0v) is 8.96. The Morgan fingerprint density at radius 1 is 1.36 bits per heavy atom. The van der Waals surface area contributed by atoms with Gasteiger partial charge < -0.3 is 4.57 Å². The molecule has 0 saturated carbocycles. The van der Waals surface area contributed by atoms with Crippen molar-refractivity contribution in [3.05, 3.63) is 33.7 Å². The number of nitriles is 1. The zero-order chi connectivity index (χ0) is 10.9. The van der Waals surface area contributed by atoms with E-state index in [1.165, 1.54) is 0 Å². The van der Waals surface area contributed by atoms with E-state index in [2.05, 4.69) is 0 Å². The third-order valence-corrected chi connectivity index (χ3v) is 2.19. The maximum absolute atomic E-state index is 11.6. The predicted octanol–water partition coefficient (Wildman–Crippen LogP) is 1.55. The molecule has 1 rings (SSSR count). The molecule has 0 fully saturated rings. The lowest BCUT2D eigenvalue weighted by Crippen LogP contribution is -2.28. The molecule has 1 aromatic rings. The lowest BCUT2D eigenvalue weighted by Gasteiger charge is -2.21. The van der Waals surface area contributed by atoms with Crippen LogP contribution >= 0.6 is 0 Å². The molecular weight excluding hydrogens is 176 g/mol. The van der Waals surface area contributed by atoms with Gasteiger partial charge in [0.05, 0.1) is 0 Å². The first-order valence-corrected chi connectivity index (χ1v) is 4.48. The maximum atomic E-state index is 11.6. The minimum atomic E-state index is -0.222. The third-order valence-electron chi connectivity index (χ3n) is 2.19. The van der Waals surface area contributed by atoms with Gasteiger partial charge in [0, 0.05) is 18.2 Å². The summed E-state index contributed by atoms with van der Waals surface area (Å²) in [7, 11) is 1.70. The van der Waals surface area contributed by atoms with Crippen LogP contribution in [0.1, 0.15) is 32.0 Å². The Hall–Kier alpha value is -1.56. The van der Waals surface area contributed by atoms with Crippen molar-refractivity contribution >= 4 is 0 Å². The van der Waals surface area contributed by atoms with Gasteiger partial charge >= 0.3 is 0 Å². The summed E-state index contributed by atoms with van der Waals surface area (Å²) >= 11 is 0. The highest BCUT2D eigenvalue weighted by Crippen LogP contribution is 2.19. The summed E-state index contributed by atoms with van der Waals surface area (Å²) in [5, 5.41) is 8.67. The van der Waals surface area contributed by atoms with Gasteiger partial charge in [-0.1, -0.05) is 20.8 Å². The molecule has 1 aromatic heterocycles. The molecule has 0 saturated heterocycles. The first-order chi connectivity index (χ1) is 6.38. The van der Waals surface area contributed by atoms with Gasteiger partial charge in [0.1, 0.15) is 11.6 Å². The topological polar surface area (TPSA) is 45.8 Å². The highest BCUT2D eigenvalue weighted by atomic mass is 16.1. The van der Waals surface area contributed by atoms with Crippen LogP contribution in [0.2, 0.25) is 0 Å². The fraction of sp³-hybridized carbons (Fsp3) is 0.455. The number of nitrogens with zero attached hydrogens (tertiary/aromatic N) is 2. The van der Waals surface area contributed by atoms with E-state index in [0.29, 0.717) is 0 Å². The SMILES string of the molecule is Cn1c(C(C)(C)C)ccc(C#N)c1=O. The number of aromatic nitrogens is 1. The zero-order valence-electron chi connectivity index (χ0n) is 8.96. The Bertz CT molecular complexity index is 444. The van der Waals surface area contributed by atoms with Crippen LogP contribution in [0.3, 0.4) is 0 Å². The standard InChI is InChI=1S/C11H14N2O/c1-11(2,3)9-6-5-8(7-12)10(14)13(9)4/h5-6H,1-4H3. The van der Waals surface area contributed by atoms with Crippen molar-refractivity contribution < 1.29 is 0 Å². The van der Waals surface area contributed by atoms with Crippen molar-refractivity contribution in [3.8, 4) is 6.07 Å². The number of rotatable bonds is 0. The van der Waals surface area contributed by atoms with Crippen LogP contribution in [-0.2, 0) is 12.5 Å². The fourth-order valence-electron chi connectivity index (χ4n) is 1.47. The number of hydrogen-bond acceptors (Lipinski definition) is 2. The lowest BCUT2D eigenvalue weighted by atomic mass is 9.91. The van der Waals surface area contributed by atoms with Crippen molar-refractivity contribution in [3.63, 3.8) is 0 Å². The van der Waals surface area contributed by atoms with Crippen molar-refractivity contribution in [2.45, 2.75) is 26.2 Å². The lowest BCUT2D eigenvalue weighted by molar-refractivity contribution is 0.530. The molecule has 0 N–H and O–H groups in total. The molecule has 1 heterocycles. The van der Waals surface area contributed by atoms with Gasteiger partial charge in [-0.05, 0) is 12.1 Å². The molecule has 14 heavy (non-hydrogen) atoms. The van der Waals surface area contributed by atoms with Gasteiger partial charge in [0.2, 0.25) is 0 Å². The molecular formula is C11H14N2O. The van der Waals surface area contributed by atoms with Crippen LogP contribution in [0.25, 0.3) is 0 Å². The Morgan fingerprint density at radius 2 is 1.93 bits per heavy atom. The van der Waals surface area contributed by atoms with Gasteiger partial charge in [0.25, 0.3) is 5.56 Å². The van der Waals surface area contributed by atoms with Crippen LogP contribution in [0, 0.1) is 11.3 Å². The van der Waals surface area contributed by atoms with Crippen LogP contribution in [0.4, 0.5) is 0 Å². The summed E-state index contributed by atoms with van der Waals surface area (Å²) in [5.74, 6) is 0. The largest absolute Gasteiger partial charge is 0.314 e. The molecule has 0 aromatic carbocycles. The summed E-state index contributed by atoms with van der Waals surface area (Å²) in [4.78, 5) is 11.6. The van der Waals surface area contributed by atoms with E-state index in [9.17, 15) is 4.79 Å². The molecule has 0 atom stereocenters. The molecule has 74 valence electrons. The Balaban J connectivity index is 3.49. The van der Waals surface area contributed by atoms with Crippen LogP contribution < -0.4 is 5.56 Å². The van der Waals surface area contributed by atoms with Crippen LogP contribution in [-0.4, -0.2) is 4.57 Å². The summed E-state index contributed by atoms with van der Waals surface area (Å²) in [6.45, 7) is 6.11. The van der Waals surface area contributed by atoms with Gasteiger partial charge in [0.15, 0.2) is 0 Å². The van der Waals surface area contributed by atoms with Gasteiger partial charge in [-0.25, -0.2) is 0 Å². The Kier molecular flexibility index (Phi) is 2.48. The predicted molar refractivity (Wildman–Crippen MR) is 55.1 cm³/mol. The highest BCUT2D eigenvalue weighted by molar-refractivity contribution is 5.29. The Morgan fingerprint density at radius 3 is 2.36 bits per heavy atom. The second-order valence-corrected chi connectivity index (χ2v) is 4.36. The summed E-state index contributed by atoms with van der Waals surface area (Å²) in [6.07, 6.45) is 0. The van der Waals surface area contributed by atoms with E-state index >= 15 is 0 Å². The van der Waals surface area contributed by atoms with E-state index in [1.807, 2.05) is 32.9 Å². The van der Waals surface area contributed by atoms with Crippen LogP contribution in [0.15, 0.2) is 16.9 Å². The number of pyridine rings is 1. The van der Waals surface area contributed by atoms with E-state index < -0.39 is 0 Å². The van der Waals surface area contributed by atoms with Gasteiger partial charge in [-0.3, -0.25) is 4.79 Å². The smallest absolute Gasteiger partial charge is 0.268 e. The average molecular weight is 190 g/mol. The molecule has 3 nitrogen and oxygen atoms in total. The first-order valence-electron chi connectivity index (χ1n) is 4.48. The van der Waals surface area contributed by atoms with E-state index in [-0.39, 0.29) is 16.5 Å². The average Bonchev–Trinajstić information content (AvgIpc) is 2.07. The maximum Gasteiger partial charge on any atom is 0.268 e. The molecule has 0 aliphatic carbocycles. The van der Waals surface area contributed by atoms with Crippen molar-refractivity contribution in [2.24, 2.45) is 7.05 Å². The fourth-order valence-corrected chi connectivity index (χ4v) is 1.47. The molecule has 3 heteroatoms. The summed E-state index contributed by atoms with van der Waals surface area (Å²) < 4.78 is 1.54. The minimum absolute atomic E-state index is 0.0815. The van der Waals surface area contributed by atoms with Crippen molar-refractivity contribution in [1.82, 2.24) is 4.57 Å². The van der Waals surface area contributed by atoms with Crippen molar-refractivity contribution in [2.75, 3.05) is 0 Å². The van der Waals surface area contributed by atoms with Gasteiger partial charge in [-0.15, -0.1) is 0 Å². The highest BCUT2D eigenvalue weighted by Gasteiger charge is 2.17. The quantitative estimate of drug-likeness (QED) is 0.623. The first kappa shape index (κ1) is 10.5. The molecule has 0 aliphatic heterocycles. The van der Waals surface area contributed by atoms with Crippen LogP contribution in [0.5, 0.6) is 0 Å². The van der Waals surface area contributed by atoms with Crippen molar-refractivity contribution in [1.29, 1.82) is 5.26 Å². The van der Waals surface area contributed by atoms with E-state index in [1.54, 1.807) is 17.7 Å². The second kappa shape index (κ2) is 3.30. The third kappa shape index (κ3) is 1.69. The molecule has 0 amide bonds. The molecule has 0 bridgehead atoms. The molecule has 0 aliphatic rings. The summed E-state index contributed by atoms with van der Waals surface area (Å²) in [6, 6.07) is 5.30. The Labute approximate surface area is 83.6 Å². The van der Waals surface area contributed by atoms with E-state index in [0.717, 1.165) is 5.69 Å². The van der Waals surface area contributed by atoms with Gasteiger partial charge in [-0.2, -0.15) is 5.26 Å². The number of hydrogen-bond donors (Lipinski definition) is 0. The molecule has 0 unspecified atom stereocenters. The monoisotopic (exact) mass is 190 g/mol. The summed E-state index contributed by atoms with van der Waals surface area (Å²) in [5.41, 5.74) is 0.823.